The monoisotopic (exact) mass is 294 g/mol. The van der Waals surface area contributed by atoms with Gasteiger partial charge in [-0.25, -0.2) is 0 Å². The molecule has 0 bridgehead atoms. The quantitative estimate of drug-likeness (QED) is 0.854. The maximum absolute atomic E-state index is 12.4. The molecular formula is C18H20N3O. The van der Waals surface area contributed by atoms with Gasteiger partial charge in [-0.15, -0.1) is 0 Å². The second kappa shape index (κ2) is 6.52. The largest absolute Gasteiger partial charge is 0.397 e. The highest BCUT2D eigenvalue weighted by Gasteiger charge is 2.16. The van der Waals surface area contributed by atoms with E-state index in [0.29, 0.717) is 5.56 Å². The molecule has 1 saturated heterocycles. The van der Waals surface area contributed by atoms with Crippen molar-refractivity contribution >= 4 is 23.0 Å². The summed E-state index contributed by atoms with van der Waals surface area (Å²) in [5.74, 6) is -0.115. The number of hydrogen-bond acceptors (Lipinski definition) is 3. The van der Waals surface area contributed by atoms with Gasteiger partial charge in [0.25, 0.3) is 5.91 Å². The lowest BCUT2D eigenvalue weighted by Gasteiger charge is -2.30. The fourth-order valence-corrected chi connectivity index (χ4v) is 2.67. The Labute approximate surface area is 130 Å². The molecule has 1 amide bonds. The van der Waals surface area contributed by atoms with Crippen molar-refractivity contribution in [2.24, 2.45) is 0 Å². The van der Waals surface area contributed by atoms with Crippen molar-refractivity contribution in [3.63, 3.8) is 0 Å². The lowest BCUT2D eigenvalue weighted by Crippen LogP contribution is -2.30. The Morgan fingerprint density at radius 1 is 1.05 bits per heavy atom. The predicted molar refractivity (Wildman–Crippen MR) is 91.0 cm³/mol. The van der Waals surface area contributed by atoms with Gasteiger partial charge in [0.2, 0.25) is 0 Å². The number of hydrogen-bond donors (Lipinski definition) is 2. The zero-order valence-corrected chi connectivity index (χ0v) is 12.5. The standard InChI is InChI=1S/C18H20N3O/c19-16-10-9-14(13-17(16)21-11-5-2-6-12-21)18(22)20-15-7-3-1-4-8-15/h1-4,7-10,13H,5-6,11-12,19H2,(H,20,22). The predicted octanol–water partition coefficient (Wildman–Crippen LogP) is 3.33. The van der Waals surface area contributed by atoms with Crippen molar-refractivity contribution in [3.8, 4) is 0 Å². The fourth-order valence-electron chi connectivity index (χ4n) is 2.67. The number of carbonyl (C=O) groups excluding carboxylic acids is 1. The number of nitrogens with zero attached hydrogens (tertiary/aromatic N) is 1. The molecule has 0 spiro atoms. The van der Waals surface area contributed by atoms with Crippen LogP contribution in [0.25, 0.3) is 0 Å². The summed E-state index contributed by atoms with van der Waals surface area (Å²) in [7, 11) is 0. The molecule has 1 heterocycles. The molecule has 1 aliphatic heterocycles. The van der Waals surface area contributed by atoms with Crippen molar-refractivity contribution < 1.29 is 4.79 Å². The van der Waals surface area contributed by atoms with Crippen LogP contribution in [0.1, 0.15) is 23.2 Å². The van der Waals surface area contributed by atoms with E-state index in [1.165, 1.54) is 0 Å². The molecule has 2 aromatic rings. The van der Waals surface area contributed by atoms with Crippen LogP contribution in [0.2, 0.25) is 0 Å². The second-order valence-electron chi connectivity index (χ2n) is 5.45. The maximum atomic E-state index is 12.4. The summed E-state index contributed by atoms with van der Waals surface area (Å²) >= 11 is 0. The number of piperidine rings is 1. The first kappa shape index (κ1) is 14.4. The van der Waals surface area contributed by atoms with E-state index in [4.69, 9.17) is 5.73 Å². The molecule has 0 unspecified atom stereocenters. The Morgan fingerprint density at radius 3 is 2.50 bits per heavy atom. The molecule has 0 aromatic heterocycles. The highest BCUT2D eigenvalue weighted by atomic mass is 16.1. The summed E-state index contributed by atoms with van der Waals surface area (Å²) in [5, 5.41) is 2.90. The second-order valence-corrected chi connectivity index (χ2v) is 5.45. The molecule has 3 N–H and O–H groups in total. The average molecular weight is 294 g/mol. The van der Waals surface area contributed by atoms with Gasteiger partial charge in [-0.2, -0.15) is 0 Å². The van der Waals surface area contributed by atoms with Gasteiger partial charge in [-0.1, -0.05) is 18.2 Å². The number of para-hydroxylation sites is 1. The van der Waals surface area contributed by atoms with Gasteiger partial charge in [0.1, 0.15) is 0 Å². The first-order valence-corrected chi connectivity index (χ1v) is 7.56. The SMILES string of the molecule is Nc1ccc(C(=O)Nc2ccccc2)cc1N1CC[CH]CC1. The molecule has 22 heavy (non-hydrogen) atoms. The van der Waals surface area contributed by atoms with E-state index >= 15 is 0 Å². The van der Waals surface area contributed by atoms with Gasteiger partial charge in [-0.05, 0) is 49.6 Å². The van der Waals surface area contributed by atoms with Gasteiger partial charge >= 0.3 is 0 Å². The minimum absolute atomic E-state index is 0.115. The zero-order chi connectivity index (χ0) is 15.4. The van der Waals surface area contributed by atoms with Crippen molar-refractivity contribution in [2.75, 3.05) is 29.0 Å². The maximum Gasteiger partial charge on any atom is 0.255 e. The number of carbonyl (C=O) groups is 1. The minimum Gasteiger partial charge on any atom is -0.397 e. The molecule has 113 valence electrons. The lowest BCUT2D eigenvalue weighted by molar-refractivity contribution is 0.102. The van der Waals surface area contributed by atoms with E-state index < -0.39 is 0 Å². The Kier molecular flexibility index (Phi) is 4.28. The lowest BCUT2D eigenvalue weighted by atomic mass is 10.1. The van der Waals surface area contributed by atoms with Gasteiger partial charge in [0.05, 0.1) is 11.4 Å². The molecule has 4 nitrogen and oxygen atoms in total. The van der Waals surface area contributed by atoms with Crippen LogP contribution in [-0.2, 0) is 0 Å². The summed E-state index contributed by atoms with van der Waals surface area (Å²) in [6.07, 6.45) is 4.40. The number of benzene rings is 2. The smallest absolute Gasteiger partial charge is 0.255 e. The summed E-state index contributed by atoms with van der Waals surface area (Å²) in [6, 6.07) is 14.9. The van der Waals surface area contributed by atoms with Crippen LogP contribution in [0.3, 0.4) is 0 Å². The molecule has 3 rings (SSSR count). The molecule has 4 heteroatoms. The third kappa shape index (κ3) is 3.22. The van der Waals surface area contributed by atoms with E-state index in [9.17, 15) is 4.79 Å². The van der Waals surface area contributed by atoms with Crippen LogP contribution < -0.4 is 16.0 Å². The normalized spacial score (nSPS) is 14.6. The molecule has 1 aliphatic rings. The molecule has 0 atom stereocenters. The van der Waals surface area contributed by atoms with E-state index in [2.05, 4.69) is 16.6 Å². The van der Waals surface area contributed by atoms with Crippen LogP contribution >= 0.6 is 0 Å². The van der Waals surface area contributed by atoms with Gasteiger partial charge in [0, 0.05) is 24.3 Å². The van der Waals surface area contributed by atoms with Crippen molar-refractivity contribution in [1.29, 1.82) is 0 Å². The molecule has 0 saturated carbocycles. The first-order valence-electron chi connectivity index (χ1n) is 7.56. The summed E-state index contributed by atoms with van der Waals surface area (Å²) in [6.45, 7) is 1.90. The third-order valence-corrected chi connectivity index (χ3v) is 3.87. The summed E-state index contributed by atoms with van der Waals surface area (Å²) in [5.41, 5.74) is 9.18. The van der Waals surface area contributed by atoms with E-state index in [-0.39, 0.29) is 5.91 Å². The average Bonchev–Trinajstić information content (AvgIpc) is 2.57. The van der Waals surface area contributed by atoms with Crippen molar-refractivity contribution in [2.45, 2.75) is 12.8 Å². The number of anilines is 3. The Hall–Kier alpha value is -2.49. The number of nitrogen functional groups attached to an aromatic ring is 1. The Bertz CT molecular complexity index is 649. The highest BCUT2D eigenvalue weighted by Crippen LogP contribution is 2.27. The number of rotatable bonds is 3. The van der Waals surface area contributed by atoms with E-state index in [1.807, 2.05) is 42.5 Å². The molecule has 1 fully saturated rings. The fraction of sp³-hybridized carbons (Fsp3) is 0.222. The third-order valence-electron chi connectivity index (χ3n) is 3.87. The summed E-state index contributed by atoms with van der Waals surface area (Å²) < 4.78 is 0. The van der Waals surface area contributed by atoms with Gasteiger partial charge in [0.15, 0.2) is 0 Å². The summed E-state index contributed by atoms with van der Waals surface area (Å²) in [4.78, 5) is 14.6. The van der Waals surface area contributed by atoms with Gasteiger partial charge < -0.3 is 16.0 Å². The van der Waals surface area contributed by atoms with Crippen LogP contribution in [0.4, 0.5) is 17.1 Å². The Morgan fingerprint density at radius 2 is 1.77 bits per heavy atom. The molecular weight excluding hydrogens is 274 g/mol. The molecule has 0 aliphatic carbocycles. The molecule has 1 radical (unpaired) electrons. The van der Waals surface area contributed by atoms with Crippen LogP contribution in [0.15, 0.2) is 48.5 Å². The topological polar surface area (TPSA) is 58.4 Å². The van der Waals surface area contributed by atoms with Crippen LogP contribution in [0.5, 0.6) is 0 Å². The first-order chi connectivity index (χ1) is 10.7. The Balaban J connectivity index is 1.80. The highest BCUT2D eigenvalue weighted by molar-refractivity contribution is 6.05. The van der Waals surface area contributed by atoms with E-state index in [0.717, 1.165) is 43.0 Å². The van der Waals surface area contributed by atoms with Crippen molar-refractivity contribution in [3.05, 3.63) is 60.5 Å². The van der Waals surface area contributed by atoms with Crippen LogP contribution in [-0.4, -0.2) is 19.0 Å². The zero-order valence-electron chi connectivity index (χ0n) is 12.5. The van der Waals surface area contributed by atoms with Gasteiger partial charge in [-0.3, -0.25) is 4.79 Å². The van der Waals surface area contributed by atoms with Crippen LogP contribution in [0, 0.1) is 6.42 Å². The molecule has 2 aromatic carbocycles. The number of nitrogens with one attached hydrogen (secondary N) is 1. The number of amides is 1. The van der Waals surface area contributed by atoms with Crippen molar-refractivity contribution in [1.82, 2.24) is 0 Å². The van der Waals surface area contributed by atoms with E-state index in [1.54, 1.807) is 6.07 Å². The minimum atomic E-state index is -0.115. The number of nitrogens with two attached hydrogens (primary N) is 1.